The number of fused-ring (bicyclic) bond motifs is 1. The number of hydrogen-bond donors (Lipinski definition) is 1. The van der Waals surface area contributed by atoms with Gasteiger partial charge in [0.15, 0.2) is 0 Å². The molecule has 0 aliphatic heterocycles. The summed E-state index contributed by atoms with van der Waals surface area (Å²) < 4.78 is 6.51. The zero-order valence-electron chi connectivity index (χ0n) is 19.0. The van der Waals surface area contributed by atoms with E-state index in [2.05, 4.69) is 5.32 Å². The summed E-state index contributed by atoms with van der Waals surface area (Å²) in [6, 6.07) is 20.6. The van der Waals surface area contributed by atoms with E-state index >= 15 is 0 Å². The number of carbonyl (C=O) groups is 2. The second-order valence-corrected chi connectivity index (χ2v) is 8.84. The van der Waals surface area contributed by atoms with E-state index in [1.807, 2.05) is 54.6 Å². The molecule has 8 heteroatoms. The number of nitrogens with zero attached hydrogens (tertiary/aromatic N) is 1. The Morgan fingerprint density at radius 2 is 1.63 bits per heavy atom. The zero-order chi connectivity index (χ0) is 25.1. The molecule has 4 aromatic rings. The highest BCUT2D eigenvalue weighted by Crippen LogP contribution is 2.25. The molecule has 6 nitrogen and oxygen atoms in total. The second-order valence-electron chi connectivity index (χ2n) is 8.03. The number of carbonyl (C=O) groups excluding carboxylic acids is 2. The van der Waals surface area contributed by atoms with Crippen LogP contribution in [0.15, 0.2) is 77.6 Å². The lowest BCUT2D eigenvalue weighted by atomic mass is 10.00. The Bertz CT molecular complexity index is 1460. The van der Waals surface area contributed by atoms with Gasteiger partial charge >= 0.3 is 5.97 Å². The normalized spacial score (nSPS) is 11.8. The fourth-order valence-corrected chi connectivity index (χ4v) is 4.54. The van der Waals surface area contributed by atoms with Crippen LogP contribution >= 0.6 is 23.2 Å². The highest BCUT2D eigenvalue weighted by Gasteiger charge is 2.25. The molecule has 1 heterocycles. The third-order valence-electron chi connectivity index (χ3n) is 5.82. The molecule has 0 radical (unpaired) electrons. The van der Waals surface area contributed by atoms with Gasteiger partial charge in [0.25, 0.3) is 11.5 Å². The molecule has 1 N–H and O–H groups in total. The van der Waals surface area contributed by atoms with Gasteiger partial charge in [-0.3, -0.25) is 9.59 Å². The molecule has 0 bridgehead atoms. The summed E-state index contributed by atoms with van der Waals surface area (Å²) in [4.78, 5) is 38.1. The molecule has 1 atom stereocenters. The fourth-order valence-electron chi connectivity index (χ4n) is 3.97. The van der Waals surface area contributed by atoms with Gasteiger partial charge in [-0.25, -0.2) is 4.79 Å². The minimum atomic E-state index is -0.959. The number of aromatic nitrogens is 1. The van der Waals surface area contributed by atoms with Gasteiger partial charge in [0.2, 0.25) is 0 Å². The van der Waals surface area contributed by atoms with E-state index in [1.54, 1.807) is 29.8 Å². The smallest absolute Gasteiger partial charge is 0.328 e. The number of pyridine rings is 1. The predicted molar refractivity (Wildman–Crippen MR) is 138 cm³/mol. The van der Waals surface area contributed by atoms with E-state index in [4.69, 9.17) is 27.9 Å². The number of esters is 1. The lowest BCUT2D eigenvalue weighted by Crippen LogP contribution is -2.43. The van der Waals surface area contributed by atoms with Crippen LogP contribution in [0.25, 0.3) is 22.0 Å². The average molecular weight is 509 g/mol. The third kappa shape index (κ3) is 5.09. The largest absolute Gasteiger partial charge is 0.467 e. The monoisotopic (exact) mass is 508 g/mol. The molecule has 0 aliphatic rings. The van der Waals surface area contributed by atoms with Crippen LogP contribution < -0.4 is 10.9 Å². The SMILES string of the molecule is COC(=O)[C@H](Cc1ccc(-c2cc3ccccc3n(C)c2=O)cc1)NC(=O)c1c(Cl)cccc1Cl. The lowest BCUT2D eigenvalue weighted by molar-refractivity contribution is -0.142. The van der Waals surface area contributed by atoms with Crippen molar-refractivity contribution >= 4 is 46.0 Å². The van der Waals surface area contributed by atoms with Gasteiger partial charge in [-0.2, -0.15) is 0 Å². The Labute approximate surface area is 212 Å². The van der Waals surface area contributed by atoms with Crippen LogP contribution in [0.5, 0.6) is 0 Å². The first kappa shape index (κ1) is 24.5. The molecule has 4 rings (SSSR count). The van der Waals surface area contributed by atoms with Crippen molar-refractivity contribution < 1.29 is 14.3 Å². The number of benzene rings is 3. The van der Waals surface area contributed by atoms with Crippen molar-refractivity contribution in [3.63, 3.8) is 0 Å². The van der Waals surface area contributed by atoms with Crippen molar-refractivity contribution in [1.29, 1.82) is 0 Å². The Balaban J connectivity index is 1.59. The number of aryl methyl sites for hydroxylation is 1. The van der Waals surface area contributed by atoms with E-state index in [0.717, 1.165) is 22.0 Å². The number of rotatable bonds is 6. The standard InChI is InChI=1S/C27H22Cl2N2O4/c1-31-23-9-4-3-6-18(23)15-19(26(31)33)17-12-10-16(11-13-17)14-22(27(34)35-2)30-25(32)24-20(28)7-5-8-21(24)29/h3-13,15,22H,14H2,1-2H3,(H,30,32)/t22-/m0/s1. The number of ether oxygens (including phenoxy) is 1. The molecular weight excluding hydrogens is 487 g/mol. The summed E-state index contributed by atoms with van der Waals surface area (Å²) in [7, 11) is 3.00. The molecule has 3 aromatic carbocycles. The highest BCUT2D eigenvalue weighted by atomic mass is 35.5. The summed E-state index contributed by atoms with van der Waals surface area (Å²) in [6.07, 6.45) is 0.177. The number of methoxy groups -OCH3 is 1. The van der Waals surface area contributed by atoms with Gasteiger partial charge in [-0.1, -0.05) is 71.7 Å². The first-order chi connectivity index (χ1) is 16.8. The van der Waals surface area contributed by atoms with E-state index in [-0.39, 0.29) is 27.6 Å². The molecular formula is C27H22Cl2N2O4. The zero-order valence-corrected chi connectivity index (χ0v) is 20.6. The average Bonchev–Trinajstić information content (AvgIpc) is 2.86. The van der Waals surface area contributed by atoms with E-state index in [9.17, 15) is 14.4 Å². The molecule has 0 unspecified atom stereocenters. The van der Waals surface area contributed by atoms with Crippen LogP contribution in [0, 0.1) is 0 Å². The van der Waals surface area contributed by atoms with Crippen molar-refractivity contribution in [3.8, 4) is 11.1 Å². The maximum Gasteiger partial charge on any atom is 0.328 e. The van der Waals surface area contributed by atoms with E-state index in [1.165, 1.54) is 7.11 Å². The summed E-state index contributed by atoms with van der Waals surface area (Å²) in [5.41, 5.74) is 2.94. The van der Waals surface area contributed by atoms with E-state index < -0.39 is 17.9 Å². The van der Waals surface area contributed by atoms with Crippen LogP contribution in [0.3, 0.4) is 0 Å². The van der Waals surface area contributed by atoms with Crippen molar-refractivity contribution in [2.45, 2.75) is 12.5 Å². The lowest BCUT2D eigenvalue weighted by Gasteiger charge is -2.18. The molecule has 178 valence electrons. The minimum absolute atomic E-state index is 0.0900. The Morgan fingerprint density at radius 1 is 0.971 bits per heavy atom. The summed E-state index contributed by atoms with van der Waals surface area (Å²) in [6.45, 7) is 0. The first-order valence-electron chi connectivity index (χ1n) is 10.8. The minimum Gasteiger partial charge on any atom is -0.467 e. The molecule has 0 fully saturated rings. The van der Waals surface area contributed by atoms with Crippen LogP contribution in [-0.2, 0) is 23.0 Å². The summed E-state index contributed by atoms with van der Waals surface area (Å²) >= 11 is 12.3. The topological polar surface area (TPSA) is 77.4 Å². The van der Waals surface area contributed by atoms with Gasteiger partial charge < -0.3 is 14.6 Å². The van der Waals surface area contributed by atoms with Crippen LogP contribution in [0.4, 0.5) is 0 Å². The van der Waals surface area contributed by atoms with Crippen molar-refractivity contribution in [2.75, 3.05) is 7.11 Å². The van der Waals surface area contributed by atoms with Gasteiger partial charge in [-0.05, 0) is 40.8 Å². The van der Waals surface area contributed by atoms with Crippen molar-refractivity contribution in [2.24, 2.45) is 7.05 Å². The second kappa shape index (κ2) is 10.3. The molecule has 0 aliphatic carbocycles. The Morgan fingerprint density at radius 3 is 2.29 bits per heavy atom. The Kier molecular flexibility index (Phi) is 7.24. The first-order valence-corrected chi connectivity index (χ1v) is 11.6. The maximum absolute atomic E-state index is 12.9. The van der Waals surface area contributed by atoms with Crippen LogP contribution in [0.2, 0.25) is 10.0 Å². The van der Waals surface area contributed by atoms with Gasteiger partial charge in [0.05, 0.1) is 28.2 Å². The van der Waals surface area contributed by atoms with Gasteiger partial charge in [0, 0.05) is 19.0 Å². The Hall–Kier alpha value is -3.61. The molecule has 1 amide bonds. The van der Waals surface area contributed by atoms with Gasteiger partial charge in [0.1, 0.15) is 6.04 Å². The summed E-state index contributed by atoms with van der Waals surface area (Å²) in [5.74, 6) is -1.18. The fraction of sp³-hybridized carbons (Fsp3) is 0.148. The third-order valence-corrected chi connectivity index (χ3v) is 6.45. The van der Waals surface area contributed by atoms with Crippen LogP contribution in [-0.4, -0.2) is 29.6 Å². The van der Waals surface area contributed by atoms with Crippen molar-refractivity contribution in [1.82, 2.24) is 9.88 Å². The van der Waals surface area contributed by atoms with Crippen LogP contribution in [0.1, 0.15) is 15.9 Å². The molecule has 0 spiro atoms. The maximum atomic E-state index is 12.9. The quantitative estimate of drug-likeness (QED) is 0.370. The van der Waals surface area contributed by atoms with Crippen molar-refractivity contribution in [3.05, 3.63) is 104 Å². The highest BCUT2D eigenvalue weighted by molar-refractivity contribution is 6.39. The predicted octanol–water partition coefficient (Wildman–Crippen LogP) is 5.03. The molecule has 35 heavy (non-hydrogen) atoms. The molecule has 0 saturated carbocycles. The van der Waals surface area contributed by atoms with E-state index in [0.29, 0.717) is 5.56 Å². The number of hydrogen-bond acceptors (Lipinski definition) is 4. The summed E-state index contributed by atoms with van der Waals surface area (Å²) in [5, 5.41) is 3.98. The van der Waals surface area contributed by atoms with Gasteiger partial charge in [-0.15, -0.1) is 0 Å². The number of para-hydroxylation sites is 1. The number of halogens is 2. The molecule has 0 saturated heterocycles. The number of amides is 1. The number of nitrogens with one attached hydrogen (secondary N) is 1. The molecule has 1 aromatic heterocycles.